The number of nitrogens with zero attached hydrogens (tertiary/aromatic N) is 2. The number of rotatable bonds is 2. The van der Waals surface area contributed by atoms with E-state index in [1.165, 1.54) is 9.80 Å². The van der Waals surface area contributed by atoms with Crippen LogP contribution in [-0.4, -0.2) is 54.7 Å². The third-order valence-electron chi connectivity index (χ3n) is 4.59. The monoisotopic (exact) mass is 347 g/mol. The van der Waals surface area contributed by atoms with E-state index in [0.717, 1.165) is 0 Å². The molecule has 2 heterocycles. The lowest BCUT2D eigenvalue weighted by atomic mass is 9.91. The fourth-order valence-electron chi connectivity index (χ4n) is 3.25. The number of aliphatic carboxylic acids is 1. The lowest BCUT2D eigenvalue weighted by molar-refractivity contribution is -0.143. The van der Waals surface area contributed by atoms with Crippen molar-refractivity contribution >= 4 is 29.3 Å². The van der Waals surface area contributed by atoms with Crippen LogP contribution in [0.1, 0.15) is 13.3 Å². The molecule has 3 rings (SSSR count). The number of hydrogen-bond donors (Lipinski definition) is 2. The first kappa shape index (κ1) is 17.1. The Kier molecular flexibility index (Phi) is 4.52. The molecule has 2 aliphatic rings. The molecule has 8 nitrogen and oxygen atoms in total. The summed E-state index contributed by atoms with van der Waals surface area (Å²) in [6.45, 7) is 2.64. The van der Waals surface area contributed by atoms with Crippen molar-refractivity contribution in [3.8, 4) is 5.75 Å². The third-order valence-corrected chi connectivity index (χ3v) is 4.59. The summed E-state index contributed by atoms with van der Waals surface area (Å²) < 4.78 is 5.36. The fraction of sp³-hybridized carbons (Fsp3) is 0.471. The van der Waals surface area contributed by atoms with Crippen LogP contribution in [0.2, 0.25) is 0 Å². The maximum Gasteiger partial charge on any atom is 0.321 e. The van der Waals surface area contributed by atoms with Crippen LogP contribution in [-0.2, 0) is 9.59 Å². The van der Waals surface area contributed by atoms with Crippen LogP contribution in [0, 0.1) is 11.8 Å². The number of likely N-dealkylation sites (N-methyl/N-ethyl adjacent to an activating group) is 1. The van der Waals surface area contributed by atoms with Gasteiger partial charge in [0.2, 0.25) is 0 Å². The Morgan fingerprint density at radius 3 is 2.80 bits per heavy atom. The van der Waals surface area contributed by atoms with Gasteiger partial charge in [0.15, 0.2) is 6.61 Å². The zero-order chi connectivity index (χ0) is 18.1. The summed E-state index contributed by atoms with van der Waals surface area (Å²) >= 11 is 0. The van der Waals surface area contributed by atoms with Crippen LogP contribution in [0.5, 0.6) is 5.75 Å². The van der Waals surface area contributed by atoms with E-state index in [0.29, 0.717) is 30.1 Å². The molecule has 0 saturated carbocycles. The molecule has 2 aliphatic heterocycles. The standard InChI is InChI=1S/C17H21N3O5/c1-10-5-11(16(22)23)8-20(7-10)17(24)18-12-3-4-14-13(6-12)19(2)15(21)9-25-14/h3-4,6,10-11H,5,7-9H2,1-2H3,(H,18,24)(H,22,23). The predicted molar refractivity (Wildman–Crippen MR) is 90.8 cm³/mol. The quantitative estimate of drug-likeness (QED) is 0.847. The lowest BCUT2D eigenvalue weighted by Gasteiger charge is -2.34. The van der Waals surface area contributed by atoms with Crippen LogP contribution in [0.3, 0.4) is 0 Å². The van der Waals surface area contributed by atoms with Crippen molar-refractivity contribution in [2.45, 2.75) is 13.3 Å². The van der Waals surface area contributed by atoms with Gasteiger partial charge in [-0.2, -0.15) is 0 Å². The van der Waals surface area contributed by atoms with Crippen molar-refractivity contribution < 1.29 is 24.2 Å². The second-order valence-corrected chi connectivity index (χ2v) is 6.64. The van der Waals surface area contributed by atoms with Gasteiger partial charge in [0, 0.05) is 25.8 Å². The van der Waals surface area contributed by atoms with Crippen molar-refractivity contribution in [3.05, 3.63) is 18.2 Å². The second-order valence-electron chi connectivity index (χ2n) is 6.64. The van der Waals surface area contributed by atoms with Crippen LogP contribution in [0.4, 0.5) is 16.2 Å². The normalized spacial score (nSPS) is 22.9. The number of carbonyl (C=O) groups excluding carboxylic acids is 2. The second kappa shape index (κ2) is 6.62. The minimum atomic E-state index is -0.879. The molecule has 25 heavy (non-hydrogen) atoms. The zero-order valence-electron chi connectivity index (χ0n) is 14.2. The first-order valence-electron chi connectivity index (χ1n) is 8.17. The molecule has 2 unspecified atom stereocenters. The van der Waals surface area contributed by atoms with Crippen molar-refractivity contribution in [2.24, 2.45) is 11.8 Å². The average Bonchev–Trinajstić information content (AvgIpc) is 2.58. The summed E-state index contributed by atoms with van der Waals surface area (Å²) in [5, 5.41) is 12.0. The summed E-state index contributed by atoms with van der Waals surface area (Å²) in [4.78, 5) is 38.5. The molecule has 134 valence electrons. The Bertz CT molecular complexity index is 720. The highest BCUT2D eigenvalue weighted by Crippen LogP contribution is 2.33. The Balaban J connectivity index is 1.73. The van der Waals surface area contributed by atoms with E-state index in [-0.39, 0.29) is 31.0 Å². The van der Waals surface area contributed by atoms with Crippen LogP contribution >= 0.6 is 0 Å². The van der Waals surface area contributed by atoms with E-state index in [2.05, 4.69) is 5.32 Å². The number of anilines is 2. The van der Waals surface area contributed by atoms with E-state index in [1.54, 1.807) is 25.2 Å². The molecule has 1 saturated heterocycles. The summed E-state index contributed by atoms with van der Waals surface area (Å²) in [5.41, 5.74) is 1.11. The number of carboxylic acids is 1. The van der Waals surface area contributed by atoms with Crippen molar-refractivity contribution in [1.82, 2.24) is 4.90 Å². The van der Waals surface area contributed by atoms with Gasteiger partial charge in [0.05, 0.1) is 11.6 Å². The number of piperidine rings is 1. The van der Waals surface area contributed by atoms with E-state index in [4.69, 9.17) is 4.74 Å². The van der Waals surface area contributed by atoms with Gasteiger partial charge in [-0.15, -0.1) is 0 Å². The first-order valence-corrected chi connectivity index (χ1v) is 8.17. The molecular weight excluding hydrogens is 326 g/mol. The number of carboxylic acid groups (broad SMARTS) is 1. The van der Waals surface area contributed by atoms with Gasteiger partial charge in [-0.1, -0.05) is 6.92 Å². The Hall–Kier alpha value is -2.77. The molecule has 0 aliphatic carbocycles. The number of likely N-dealkylation sites (tertiary alicyclic amines) is 1. The van der Waals surface area contributed by atoms with Gasteiger partial charge in [-0.05, 0) is 30.5 Å². The minimum Gasteiger partial charge on any atom is -0.482 e. The van der Waals surface area contributed by atoms with Gasteiger partial charge in [0.1, 0.15) is 5.75 Å². The third kappa shape index (κ3) is 3.52. The summed E-state index contributed by atoms with van der Waals surface area (Å²) in [6, 6.07) is 4.73. The number of urea groups is 1. The molecule has 0 aromatic heterocycles. The largest absolute Gasteiger partial charge is 0.482 e. The minimum absolute atomic E-state index is 0.00253. The first-order chi connectivity index (χ1) is 11.8. The maximum absolute atomic E-state index is 12.5. The van der Waals surface area contributed by atoms with Gasteiger partial charge in [0.25, 0.3) is 5.91 Å². The molecule has 3 amide bonds. The molecule has 1 fully saturated rings. The SMILES string of the molecule is CC1CC(C(=O)O)CN(C(=O)Nc2ccc3c(c2)N(C)C(=O)CO3)C1. The van der Waals surface area contributed by atoms with Crippen LogP contribution in [0.15, 0.2) is 18.2 Å². The molecule has 0 bridgehead atoms. The molecular formula is C17H21N3O5. The van der Waals surface area contributed by atoms with E-state index >= 15 is 0 Å². The molecule has 0 radical (unpaired) electrons. The lowest BCUT2D eigenvalue weighted by Crippen LogP contribution is -2.47. The van der Waals surface area contributed by atoms with E-state index in [1.807, 2.05) is 6.92 Å². The van der Waals surface area contributed by atoms with Gasteiger partial charge in [-0.3, -0.25) is 9.59 Å². The maximum atomic E-state index is 12.5. The number of ether oxygens (including phenoxy) is 1. The molecule has 1 aromatic rings. The predicted octanol–water partition coefficient (Wildman–Crippen LogP) is 1.62. The molecule has 2 atom stereocenters. The summed E-state index contributed by atoms with van der Waals surface area (Å²) in [5.74, 6) is -0.880. The van der Waals surface area contributed by atoms with Gasteiger partial charge >= 0.3 is 12.0 Å². The van der Waals surface area contributed by atoms with Crippen molar-refractivity contribution in [2.75, 3.05) is 37.0 Å². The van der Waals surface area contributed by atoms with Crippen molar-refractivity contribution in [1.29, 1.82) is 0 Å². The zero-order valence-corrected chi connectivity index (χ0v) is 14.2. The van der Waals surface area contributed by atoms with Crippen molar-refractivity contribution in [3.63, 3.8) is 0 Å². The topological polar surface area (TPSA) is 99.2 Å². The Morgan fingerprint density at radius 1 is 1.32 bits per heavy atom. The van der Waals surface area contributed by atoms with Gasteiger partial charge < -0.3 is 25.0 Å². The Labute approximate surface area is 145 Å². The number of fused-ring (bicyclic) bond motifs is 1. The van der Waals surface area contributed by atoms with Gasteiger partial charge in [-0.25, -0.2) is 4.79 Å². The number of benzene rings is 1. The number of carbonyl (C=O) groups is 3. The average molecular weight is 347 g/mol. The smallest absolute Gasteiger partial charge is 0.321 e. The Morgan fingerprint density at radius 2 is 2.08 bits per heavy atom. The highest BCUT2D eigenvalue weighted by molar-refractivity contribution is 5.99. The van der Waals surface area contributed by atoms with E-state index < -0.39 is 11.9 Å². The molecule has 8 heteroatoms. The summed E-state index contributed by atoms with van der Waals surface area (Å²) in [6.07, 6.45) is 0.572. The number of nitrogens with one attached hydrogen (secondary N) is 1. The van der Waals surface area contributed by atoms with Crippen LogP contribution in [0.25, 0.3) is 0 Å². The van der Waals surface area contributed by atoms with E-state index in [9.17, 15) is 19.5 Å². The number of hydrogen-bond acceptors (Lipinski definition) is 4. The number of amides is 3. The van der Waals surface area contributed by atoms with Crippen LogP contribution < -0.4 is 15.0 Å². The fourth-order valence-corrected chi connectivity index (χ4v) is 3.25. The highest BCUT2D eigenvalue weighted by Gasteiger charge is 2.32. The highest BCUT2D eigenvalue weighted by atomic mass is 16.5. The summed E-state index contributed by atoms with van der Waals surface area (Å²) in [7, 11) is 1.65. The molecule has 2 N–H and O–H groups in total. The molecule has 1 aromatic carbocycles. The molecule has 0 spiro atoms.